The molecule has 1 aliphatic rings. The van der Waals surface area contributed by atoms with Gasteiger partial charge in [-0.15, -0.1) is 0 Å². The molecule has 2 N–H and O–H groups in total. The summed E-state index contributed by atoms with van der Waals surface area (Å²) in [5.41, 5.74) is 1.27. The van der Waals surface area contributed by atoms with Gasteiger partial charge in [-0.25, -0.2) is 4.98 Å². The van der Waals surface area contributed by atoms with Crippen molar-refractivity contribution < 1.29 is 5.11 Å². The Morgan fingerprint density at radius 3 is 2.85 bits per heavy atom. The van der Waals surface area contributed by atoms with Crippen LogP contribution in [0.2, 0.25) is 0 Å². The number of aliphatic hydroxyl groups excluding tert-OH is 1. The molecule has 112 valence electrons. The smallest absolute Gasteiger partial charge is 0.126 e. The first-order valence-electron chi connectivity index (χ1n) is 7.87. The maximum atomic E-state index is 9.32. The van der Waals surface area contributed by atoms with E-state index in [0.29, 0.717) is 6.04 Å². The summed E-state index contributed by atoms with van der Waals surface area (Å²) in [6, 6.07) is 4.83. The van der Waals surface area contributed by atoms with Crippen LogP contribution in [0, 0.1) is 0 Å². The molecule has 0 bridgehead atoms. The SMILES string of the molecule is CCNc1cc(CN(CCO)C2CCCCC2)ccn1. The topological polar surface area (TPSA) is 48.4 Å². The zero-order valence-corrected chi connectivity index (χ0v) is 12.5. The number of anilines is 1. The number of hydrogen-bond donors (Lipinski definition) is 2. The summed E-state index contributed by atoms with van der Waals surface area (Å²) in [6.45, 7) is 4.88. The van der Waals surface area contributed by atoms with Crippen LogP contribution in [-0.4, -0.2) is 40.7 Å². The Bertz CT molecular complexity index is 391. The molecular formula is C16H27N3O. The van der Waals surface area contributed by atoms with Crippen molar-refractivity contribution in [3.8, 4) is 0 Å². The third-order valence-corrected chi connectivity index (χ3v) is 4.05. The van der Waals surface area contributed by atoms with E-state index in [1.54, 1.807) is 0 Å². The molecule has 0 aromatic carbocycles. The second-order valence-electron chi connectivity index (χ2n) is 5.57. The Balaban J connectivity index is 2.00. The van der Waals surface area contributed by atoms with E-state index in [-0.39, 0.29) is 6.61 Å². The molecule has 1 saturated carbocycles. The van der Waals surface area contributed by atoms with Crippen LogP contribution in [0.4, 0.5) is 5.82 Å². The molecule has 4 nitrogen and oxygen atoms in total. The highest BCUT2D eigenvalue weighted by atomic mass is 16.3. The third kappa shape index (κ3) is 4.46. The number of nitrogens with zero attached hydrogens (tertiary/aromatic N) is 2. The van der Waals surface area contributed by atoms with E-state index >= 15 is 0 Å². The minimum Gasteiger partial charge on any atom is -0.395 e. The third-order valence-electron chi connectivity index (χ3n) is 4.05. The van der Waals surface area contributed by atoms with Gasteiger partial charge in [-0.1, -0.05) is 19.3 Å². The highest BCUT2D eigenvalue weighted by Gasteiger charge is 2.20. The molecule has 0 saturated heterocycles. The van der Waals surface area contributed by atoms with E-state index in [2.05, 4.69) is 34.3 Å². The van der Waals surface area contributed by atoms with Gasteiger partial charge in [-0.3, -0.25) is 4.90 Å². The summed E-state index contributed by atoms with van der Waals surface area (Å²) in [6.07, 6.45) is 8.42. The van der Waals surface area contributed by atoms with Crippen molar-refractivity contribution >= 4 is 5.82 Å². The molecule has 0 aliphatic heterocycles. The van der Waals surface area contributed by atoms with Gasteiger partial charge < -0.3 is 10.4 Å². The number of hydrogen-bond acceptors (Lipinski definition) is 4. The Kier molecular flexibility index (Phi) is 6.27. The van der Waals surface area contributed by atoms with Crippen molar-refractivity contribution in [2.45, 2.75) is 51.6 Å². The van der Waals surface area contributed by atoms with Gasteiger partial charge >= 0.3 is 0 Å². The Hall–Kier alpha value is -1.13. The number of pyridine rings is 1. The molecule has 1 aliphatic carbocycles. The summed E-state index contributed by atoms with van der Waals surface area (Å²) < 4.78 is 0. The first kappa shape index (κ1) is 15.3. The fraction of sp³-hybridized carbons (Fsp3) is 0.688. The molecule has 1 fully saturated rings. The van der Waals surface area contributed by atoms with Crippen molar-refractivity contribution in [3.63, 3.8) is 0 Å². The van der Waals surface area contributed by atoms with Gasteiger partial charge in [0.25, 0.3) is 0 Å². The fourth-order valence-electron chi connectivity index (χ4n) is 3.05. The van der Waals surface area contributed by atoms with Crippen LogP contribution in [0.1, 0.15) is 44.6 Å². The van der Waals surface area contributed by atoms with Crippen LogP contribution in [0.3, 0.4) is 0 Å². The first-order chi connectivity index (χ1) is 9.83. The van der Waals surface area contributed by atoms with Crippen LogP contribution in [0.5, 0.6) is 0 Å². The van der Waals surface area contributed by atoms with Gasteiger partial charge in [0, 0.05) is 31.9 Å². The quantitative estimate of drug-likeness (QED) is 0.804. The fourth-order valence-corrected chi connectivity index (χ4v) is 3.05. The van der Waals surface area contributed by atoms with Crippen LogP contribution in [0.15, 0.2) is 18.3 Å². The van der Waals surface area contributed by atoms with E-state index in [4.69, 9.17) is 0 Å². The minimum atomic E-state index is 0.238. The van der Waals surface area contributed by atoms with Gasteiger partial charge in [0.2, 0.25) is 0 Å². The minimum absolute atomic E-state index is 0.238. The lowest BCUT2D eigenvalue weighted by Gasteiger charge is -2.34. The van der Waals surface area contributed by atoms with Crippen molar-refractivity contribution in [2.24, 2.45) is 0 Å². The molecule has 0 unspecified atom stereocenters. The lowest BCUT2D eigenvalue weighted by Crippen LogP contribution is -2.38. The average Bonchev–Trinajstić information content (AvgIpc) is 2.48. The molecule has 1 aromatic heterocycles. The molecule has 0 spiro atoms. The van der Waals surface area contributed by atoms with Crippen molar-refractivity contribution in [1.82, 2.24) is 9.88 Å². The number of nitrogens with one attached hydrogen (secondary N) is 1. The molecule has 0 amide bonds. The van der Waals surface area contributed by atoms with E-state index in [1.807, 2.05) is 6.20 Å². The summed E-state index contributed by atoms with van der Waals surface area (Å²) >= 11 is 0. The van der Waals surface area contributed by atoms with Crippen molar-refractivity contribution in [1.29, 1.82) is 0 Å². The zero-order chi connectivity index (χ0) is 14.2. The Morgan fingerprint density at radius 2 is 2.15 bits per heavy atom. The Morgan fingerprint density at radius 1 is 1.35 bits per heavy atom. The second kappa shape index (κ2) is 8.22. The molecule has 2 rings (SSSR count). The number of aliphatic hydroxyl groups is 1. The molecule has 4 heteroatoms. The highest BCUT2D eigenvalue weighted by molar-refractivity contribution is 5.37. The van der Waals surface area contributed by atoms with Crippen LogP contribution in [0.25, 0.3) is 0 Å². The summed E-state index contributed by atoms with van der Waals surface area (Å²) in [5, 5.41) is 12.6. The summed E-state index contributed by atoms with van der Waals surface area (Å²) in [4.78, 5) is 6.75. The van der Waals surface area contributed by atoms with E-state index in [1.165, 1.54) is 37.7 Å². The molecule has 0 radical (unpaired) electrons. The van der Waals surface area contributed by atoms with Gasteiger partial charge in [-0.2, -0.15) is 0 Å². The number of rotatable bonds is 7. The molecule has 1 aromatic rings. The van der Waals surface area contributed by atoms with Crippen LogP contribution < -0.4 is 5.32 Å². The molecule has 20 heavy (non-hydrogen) atoms. The standard InChI is InChI=1S/C16H27N3O/c1-2-17-16-12-14(8-9-18-16)13-19(10-11-20)15-6-4-3-5-7-15/h8-9,12,15,20H,2-7,10-11,13H2,1H3,(H,17,18). The lowest BCUT2D eigenvalue weighted by atomic mass is 9.94. The zero-order valence-electron chi connectivity index (χ0n) is 12.5. The predicted octanol–water partition coefficient (Wildman–Crippen LogP) is 2.64. The highest BCUT2D eigenvalue weighted by Crippen LogP contribution is 2.24. The maximum absolute atomic E-state index is 9.32. The summed E-state index contributed by atoms with van der Waals surface area (Å²) in [7, 11) is 0. The lowest BCUT2D eigenvalue weighted by molar-refractivity contribution is 0.117. The first-order valence-corrected chi connectivity index (χ1v) is 7.87. The van der Waals surface area contributed by atoms with Gasteiger partial charge in [0.1, 0.15) is 5.82 Å². The van der Waals surface area contributed by atoms with Gasteiger partial charge in [-0.05, 0) is 37.5 Å². The maximum Gasteiger partial charge on any atom is 0.126 e. The van der Waals surface area contributed by atoms with Crippen LogP contribution in [-0.2, 0) is 6.54 Å². The van der Waals surface area contributed by atoms with E-state index in [9.17, 15) is 5.11 Å². The predicted molar refractivity (Wildman–Crippen MR) is 82.8 cm³/mol. The van der Waals surface area contributed by atoms with Crippen LogP contribution >= 0.6 is 0 Å². The van der Waals surface area contributed by atoms with Gasteiger partial charge in [0.05, 0.1) is 6.61 Å². The molecular weight excluding hydrogens is 250 g/mol. The van der Waals surface area contributed by atoms with E-state index < -0.39 is 0 Å². The second-order valence-corrected chi connectivity index (χ2v) is 5.57. The molecule has 1 heterocycles. The van der Waals surface area contributed by atoms with Crippen molar-refractivity contribution in [3.05, 3.63) is 23.9 Å². The van der Waals surface area contributed by atoms with Gasteiger partial charge in [0.15, 0.2) is 0 Å². The average molecular weight is 277 g/mol. The monoisotopic (exact) mass is 277 g/mol. The molecule has 0 atom stereocenters. The van der Waals surface area contributed by atoms with Crippen molar-refractivity contribution in [2.75, 3.05) is 25.0 Å². The largest absolute Gasteiger partial charge is 0.395 e. The number of aromatic nitrogens is 1. The Labute approximate surface area is 122 Å². The summed E-state index contributed by atoms with van der Waals surface area (Å²) in [5.74, 6) is 0.942. The normalized spacial score (nSPS) is 16.6. The van der Waals surface area contributed by atoms with E-state index in [0.717, 1.165) is 25.5 Å².